The Hall–Kier alpha value is -3.19. The van der Waals surface area contributed by atoms with Gasteiger partial charge >= 0.3 is 0 Å². The van der Waals surface area contributed by atoms with Gasteiger partial charge in [0.05, 0.1) is 30.5 Å². The second kappa shape index (κ2) is 7.92. The summed E-state index contributed by atoms with van der Waals surface area (Å²) in [6.45, 7) is 6.87. The van der Waals surface area contributed by atoms with Gasteiger partial charge in [-0.2, -0.15) is 5.26 Å². The molecule has 1 atom stereocenters. The number of ether oxygens (including phenoxy) is 1. The van der Waals surface area contributed by atoms with E-state index in [0.29, 0.717) is 11.6 Å². The monoisotopic (exact) mass is 488 g/mol. The highest BCUT2D eigenvalue weighted by Crippen LogP contribution is 2.44. The summed E-state index contributed by atoms with van der Waals surface area (Å²) in [7, 11) is 0. The van der Waals surface area contributed by atoms with E-state index in [0.717, 1.165) is 87.2 Å². The van der Waals surface area contributed by atoms with Crippen LogP contribution in [0.3, 0.4) is 0 Å². The van der Waals surface area contributed by atoms with Gasteiger partial charge in [-0.15, -0.1) is 10.2 Å². The van der Waals surface area contributed by atoms with Crippen LogP contribution in [-0.4, -0.2) is 70.1 Å². The van der Waals surface area contributed by atoms with E-state index in [1.54, 1.807) is 12.3 Å². The molecule has 0 radical (unpaired) electrons. The second-order valence-corrected chi connectivity index (χ2v) is 10.6. The topological polar surface area (TPSA) is 86.3 Å². The van der Waals surface area contributed by atoms with Gasteiger partial charge in [0.1, 0.15) is 5.82 Å². The van der Waals surface area contributed by atoms with Crippen molar-refractivity contribution >= 4 is 23.4 Å². The average molecular weight is 489 g/mol. The zero-order chi connectivity index (χ0) is 23.6. The smallest absolute Gasteiger partial charge is 0.231 e. The van der Waals surface area contributed by atoms with Crippen LogP contribution in [-0.2, 0) is 17.8 Å². The number of halogens is 1. The van der Waals surface area contributed by atoms with Gasteiger partial charge in [-0.25, -0.2) is 4.98 Å². The predicted octanol–water partition coefficient (Wildman–Crippen LogP) is 2.62. The lowest BCUT2D eigenvalue weighted by molar-refractivity contribution is 0.133. The number of hydrogen-bond acceptors (Lipinski definition) is 8. The molecule has 2 aromatic heterocycles. The van der Waals surface area contributed by atoms with Gasteiger partial charge in [0.25, 0.3) is 0 Å². The summed E-state index contributed by atoms with van der Waals surface area (Å²) < 4.78 is 7.90. The van der Waals surface area contributed by atoms with Crippen LogP contribution in [0, 0.1) is 16.7 Å². The Bertz CT molecular complexity index is 1330. The summed E-state index contributed by atoms with van der Waals surface area (Å²) in [6.07, 6.45) is 2.75. The van der Waals surface area contributed by atoms with Crippen LogP contribution in [0.25, 0.3) is 5.69 Å². The fourth-order valence-electron chi connectivity index (χ4n) is 5.98. The van der Waals surface area contributed by atoms with E-state index in [9.17, 15) is 5.26 Å². The van der Waals surface area contributed by atoms with Crippen LogP contribution in [0.5, 0.6) is 0 Å². The van der Waals surface area contributed by atoms with E-state index in [1.165, 1.54) is 5.56 Å². The van der Waals surface area contributed by atoms with Gasteiger partial charge in [0.15, 0.2) is 5.82 Å². The molecule has 0 N–H and O–H groups in total. The number of anilines is 2. The summed E-state index contributed by atoms with van der Waals surface area (Å²) in [4.78, 5) is 11.5. The van der Waals surface area contributed by atoms with Gasteiger partial charge in [-0.1, -0.05) is 11.6 Å². The van der Waals surface area contributed by atoms with Crippen molar-refractivity contribution in [2.45, 2.75) is 25.6 Å². The first-order chi connectivity index (χ1) is 17.1. The van der Waals surface area contributed by atoms with Crippen molar-refractivity contribution in [2.75, 3.05) is 49.2 Å². The zero-order valence-corrected chi connectivity index (χ0v) is 20.0. The van der Waals surface area contributed by atoms with E-state index >= 15 is 0 Å². The minimum atomic E-state index is 0.234. The quantitative estimate of drug-likeness (QED) is 0.556. The van der Waals surface area contributed by atoms with Crippen molar-refractivity contribution < 1.29 is 4.74 Å². The summed E-state index contributed by atoms with van der Waals surface area (Å²) in [5.74, 6) is 2.75. The number of fused-ring (bicyclic) bond motifs is 3. The number of pyridine rings is 1. The highest BCUT2D eigenvalue weighted by molar-refractivity contribution is 6.30. The molecule has 1 aromatic carbocycles. The number of rotatable bonds is 3. The van der Waals surface area contributed by atoms with Crippen molar-refractivity contribution in [1.29, 1.82) is 5.26 Å². The maximum atomic E-state index is 9.18. The molecular formula is C25H25ClN8O. The van der Waals surface area contributed by atoms with Crippen LogP contribution in [0.2, 0.25) is 5.02 Å². The Labute approximate surface area is 208 Å². The molecule has 3 fully saturated rings. The second-order valence-electron chi connectivity index (χ2n) is 10.2. The van der Waals surface area contributed by atoms with E-state index in [4.69, 9.17) is 16.3 Å². The highest BCUT2D eigenvalue weighted by Gasteiger charge is 2.53. The molecule has 178 valence electrons. The molecule has 0 aliphatic carbocycles. The van der Waals surface area contributed by atoms with E-state index in [1.807, 2.05) is 12.1 Å². The van der Waals surface area contributed by atoms with Crippen molar-refractivity contribution in [2.24, 2.45) is 5.41 Å². The van der Waals surface area contributed by atoms with Gasteiger partial charge in [-0.3, -0.25) is 9.47 Å². The lowest BCUT2D eigenvalue weighted by atomic mass is 9.73. The molecular weight excluding hydrogens is 464 g/mol. The standard InChI is InChI=1S/C25H25ClN8O/c26-19-1-2-21-18(8-19)10-31(20-4-6-35-12-20)11-23-29-30-24(34(21)23)33-15-25(16-33)13-32(14-25)22-7-17(9-27)3-5-28-22/h1-3,5,7-8,20H,4,6,10-16H2/t20-/m0/s1. The minimum Gasteiger partial charge on any atom is -0.380 e. The molecule has 0 bridgehead atoms. The third-order valence-corrected chi connectivity index (χ3v) is 7.96. The van der Waals surface area contributed by atoms with Gasteiger partial charge in [0, 0.05) is 62.0 Å². The van der Waals surface area contributed by atoms with Crippen molar-refractivity contribution in [3.05, 3.63) is 58.5 Å². The maximum absolute atomic E-state index is 9.18. The molecule has 10 heteroatoms. The molecule has 4 aliphatic rings. The van der Waals surface area contributed by atoms with Gasteiger partial charge in [0.2, 0.25) is 5.95 Å². The molecule has 3 saturated heterocycles. The Morgan fingerprint density at radius 1 is 1.06 bits per heavy atom. The van der Waals surface area contributed by atoms with Crippen molar-refractivity contribution in [1.82, 2.24) is 24.6 Å². The van der Waals surface area contributed by atoms with E-state index < -0.39 is 0 Å². The zero-order valence-electron chi connectivity index (χ0n) is 19.3. The van der Waals surface area contributed by atoms with Crippen molar-refractivity contribution in [3.8, 4) is 11.8 Å². The molecule has 35 heavy (non-hydrogen) atoms. The van der Waals surface area contributed by atoms with Gasteiger partial charge in [-0.05, 0) is 42.3 Å². The average Bonchev–Trinajstić information content (AvgIpc) is 3.45. The summed E-state index contributed by atoms with van der Waals surface area (Å²) >= 11 is 6.40. The number of aromatic nitrogens is 4. The van der Waals surface area contributed by atoms with Crippen LogP contribution < -0.4 is 9.80 Å². The molecule has 1 spiro atoms. The Balaban J connectivity index is 1.13. The minimum absolute atomic E-state index is 0.234. The van der Waals surface area contributed by atoms with E-state index in [2.05, 4.69) is 52.7 Å². The summed E-state index contributed by atoms with van der Waals surface area (Å²) in [5, 5.41) is 19.2. The molecule has 6 heterocycles. The third kappa shape index (κ3) is 3.47. The molecule has 4 aliphatic heterocycles. The first kappa shape index (κ1) is 21.1. The number of benzene rings is 1. The molecule has 3 aromatic rings. The molecule has 0 amide bonds. The fourth-order valence-corrected chi connectivity index (χ4v) is 6.17. The fraction of sp³-hybridized carbons (Fsp3) is 0.440. The van der Waals surface area contributed by atoms with Crippen LogP contribution in [0.15, 0.2) is 36.5 Å². The first-order valence-electron chi connectivity index (χ1n) is 12.0. The Morgan fingerprint density at radius 3 is 2.71 bits per heavy atom. The molecule has 7 rings (SSSR count). The largest absolute Gasteiger partial charge is 0.380 e. The first-order valence-corrected chi connectivity index (χ1v) is 12.4. The summed E-state index contributed by atoms with van der Waals surface area (Å²) in [5.41, 5.74) is 3.18. The normalized spacial score (nSPS) is 22.7. The van der Waals surface area contributed by atoms with Crippen molar-refractivity contribution in [3.63, 3.8) is 0 Å². The van der Waals surface area contributed by atoms with Crippen LogP contribution in [0.1, 0.15) is 23.4 Å². The van der Waals surface area contributed by atoms with Crippen LogP contribution in [0.4, 0.5) is 11.8 Å². The lowest BCUT2D eigenvalue weighted by Gasteiger charge is -2.60. The summed E-state index contributed by atoms with van der Waals surface area (Å²) in [6, 6.07) is 12.3. The Kier molecular flexibility index (Phi) is 4.78. The van der Waals surface area contributed by atoms with E-state index in [-0.39, 0.29) is 5.41 Å². The number of nitrogens with zero attached hydrogens (tertiary/aromatic N) is 8. The highest BCUT2D eigenvalue weighted by atomic mass is 35.5. The molecule has 9 nitrogen and oxygen atoms in total. The number of hydrogen-bond donors (Lipinski definition) is 0. The predicted molar refractivity (Wildman–Crippen MR) is 131 cm³/mol. The Morgan fingerprint density at radius 2 is 1.91 bits per heavy atom. The maximum Gasteiger partial charge on any atom is 0.231 e. The number of nitriles is 1. The van der Waals surface area contributed by atoms with Gasteiger partial charge < -0.3 is 14.5 Å². The third-order valence-electron chi connectivity index (χ3n) is 7.72. The van der Waals surface area contributed by atoms with Crippen LogP contribution >= 0.6 is 11.6 Å². The SMILES string of the molecule is N#Cc1ccnc(N2CC3(C2)CN(c2nnc4n2-c2ccc(Cl)cc2CN([C@H]2CCOC2)C4)C3)c1. The lowest BCUT2D eigenvalue weighted by Crippen LogP contribution is -2.73. The molecule has 0 unspecified atom stereocenters. The molecule has 0 saturated carbocycles.